The van der Waals surface area contributed by atoms with Crippen LogP contribution in [0.5, 0.6) is 5.75 Å². The van der Waals surface area contributed by atoms with E-state index in [-0.39, 0.29) is 23.7 Å². The first-order valence-corrected chi connectivity index (χ1v) is 14.5. The number of benzene rings is 2. The van der Waals surface area contributed by atoms with E-state index in [1.165, 1.54) is 24.3 Å². The Morgan fingerprint density at radius 3 is 2.33 bits per heavy atom. The molecule has 0 spiro atoms. The van der Waals surface area contributed by atoms with Crippen LogP contribution in [0.3, 0.4) is 0 Å². The number of thiophene rings is 1. The number of hydrogen-bond acceptors (Lipinski definition) is 6. The molecule has 6 nitrogen and oxygen atoms in total. The summed E-state index contributed by atoms with van der Waals surface area (Å²) in [4.78, 5) is 30.4. The van der Waals surface area contributed by atoms with Crippen molar-refractivity contribution in [1.82, 2.24) is 9.47 Å². The Kier molecular flexibility index (Phi) is 9.43. The number of pyridine rings is 1. The number of carbonyl (C=O) groups excluding carboxylic acids is 1. The first kappa shape index (κ1) is 29.5. The van der Waals surface area contributed by atoms with Crippen molar-refractivity contribution in [3.8, 4) is 16.2 Å². The van der Waals surface area contributed by atoms with Crippen molar-refractivity contribution < 1.29 is 18.7 Å². The molecule has 4 aromatic rings. The van der Waals surface area contributed by atoms with Gasteiger partial charge in [0.1, 0.15) is 22.5 Å². The lowest BCUT2D eigenvalue weighted by atomic mass is 9.97. The number of aromatic nitrogens is 1. The van der Waals surface area contributed by atoms with Crippen LogP contribution in [0.1, 0.15) is 57.4 Å². The van der Waals surface area contributed by atoms with Crippen LogP contribution >= 0.6 is 11.3 Å². The van der Waals surface area contributed by atoms with Gasteiger partial charge in [-0.05, 0) is 60.5 Å². The van der Waals surface area contributed by atoms with E-state index in [1.54, 1.807) is 31.5 Å². The van der Waals surface area contributed by atoms with E-state index in [4.69, 9.17) is 9.47 Å². The lowest BCUT2D eigenvalue weighted by Crippen LogP contribution is -2.26. The van der Waals surface area contributed by atoms with Crippen LogP contribution in [-0.4, -0.2) is 35.6 Å². The summed E-state index contributed by atoms with van der Waals surface area (Å²) in [5, 5.41) is 0.592. The standard InChI is InChI=1S/C32H37FN2O4S/c1-7-34(8-2)18-25-28-29(37)26(30(20(3)4)39-21(5)36)19-35(17-23-11-9-10-12-27(23)33)32(28)40-31(25)22-13-15-24(38-6)16-14-22/h9-16,19-20,30H,7-8,17-18H2,1-6H3. The first-order valence-electron chi connectivity index (χ1n) is 13.6. The zero-order chi connectivity index (χ0) is 29.0. The molecule has 212 valence electrons. The van der Waals surface area contributed by atoms with Crippen LogP contribution in [-0.2, 0) is 22.6 Å². The molecule has 0 radical (unpaired) electrons. The molecule has 0 amide bonds. The number of methoxy groups -OCH3 is 1. The van der Waals surface area contributed by atoms with E-state index < -0.39 is 12.1 Å². The maximum absolute atomic E-state index is 14.8. The fourth-order valence-electron chi connectivity index (χ4n) is 4.98. The molecule has 0 saturated carbocycles. The fourth-order valence-corrected chi connectivity index (χ4v) is 6.27. The van der Waals surface area contributed by atoms with Gasteiger partial charge in [-0.25, -0.2) is 4.39 Å². The van der Waals surface area contributed by atoms with Crippen LogP contribution in [0.25, 0.3) is 20.7 Å². The van der Waals surface area contributed by atoms with Crippen LogP contribution in [0.4, 0.5) is 4.39 Å². The van der Waals surface area contributed by atoms with E-state index in [0.717, 1.165) is 39.7 Å². The van der Waals surface area contributed by atoms with Gasteiger partial charge in [-0.1, -0.05) is 45.9 Å². The van der Waals surface area contributed by atoms with Crippen molar-refractivity contribution in [2.75, 3.05) is 20.2 Å². The topological polar surface area (TPSA) is 60.8 Å². The summed E-state index contributed by atoms with van der Waals surface area (Å²) in [6, 6.07) is 14.5. The van der Waals surface area contributed by atoms with Crippen LogP contribution in [0, 0.1) is 11.7 Å². The molecule has 1 unspecified atom stereocenters. The van der Waals surface area contributed by atoms with Crippen LogP contribution < -0.4 is 10.2 Å². The SMILES string of the molecule is CCN(CC)Cc1c(-c2ccc(OC)cc2)sc2c1c(=O)c(C(OC(C)=O)C(C)C)cn2Cc1ccccc1F. The third-order valence-electron chi connectivity index (χ3n) is 7.17. The zero-order valence-corrected chi connectivity index (χ0v) is 24.8. The third-order valence-corrected chi connectivity index (χ3v) is 8.48. The van der Waals surface area contributed by atoms with E-state index in [9.17, 15) is 14.0 Å². The molecule has 0 aliphatic rings. The van der Waals surface area contributed by atoms with Gasteiger partial charge in [0, 0.05) is 30.1 Å². The highest BCUT2D eigenvalue weighted by Crippen LogP contribution is 2.40. The Morgan fingerprint density at radius 2 is 1.75 bits per heavy atom. The predicted molar refractivity (Wildman–Crippen MR) is 160 cm³/mol. The molecule has 4 rings (SSSR count). The largest absolute Gasteiger partial charge is 0.497 e. The lowest BCUT2D eigenvalue weighted by Gasteiger charge is -2.23. The number of rotatable bonds is 11. The summed E-state index contributed by atoms with van der Waals surface area (Å²) in [5.74, 6) is -0.155. The van der Waals surface area contributed by atoms with Crippen molar-refractivity contribution in [2.45, 2.75) is 53.8 Å². The number of fused-ring (bicyclic) bond motifs is 1. The second-order valence-corrected chi connectivity index (χ2v) is 11.2. The minimum absolute atomic E-state index is 0.137. The number of nitrogens with zero attached hydrogens (tertiary/aromatic N) is 2. The minimum atomic E-state index is -0.730. The highest BCUT2D eigenvalue weighted by molar-refractivity contribution is 7.22. The van der Waals surface area contributed by atoms with E-state index in [1.807, 2.05) is 42.7 Å². The second-order valence-electron chi connectivity index (χ2n) is 10.2. The van der Waals surface area contributed by atoms with Crippen molar-refractivity contribution >= 4 is 27.5 Å². The smallest absolute Gasteiger partial charge is 0.303 e. The summed E-state index contributed by atoms with van der Waals surface area (Å²) >= 11 is 1.53. The van der Waals surface area contributed by atoms with Crippen molar-refractivity contribution in [3.05, 3.63) is 87.5 Å². The Labute approximate surface area is 239 Å². The van der Waals surface area contributed by atoms with Gasteiger partial charge in [0.05, 0.1) is 24.6 Å². The number of halogens is 1. The molecule has 0 N–H and O–H groups in total. The average Bonchev–Trinajstić information content (AvgIpc) is 3.32. The van der Waals surface area contributed by atoms with Gasteiger partial charge in [-0.15, -0.1) is 11.3 Å². The van der Waals surface area contributed by atoms with Gasteiger partial charge < -0.3 is 14.0 Å². The molecule has 0 fully saturated rings. The Bertz CT molecular complexity index is 1540. The van der Waals surface area contributed by atoms with E-state index in [0.29, 0.717) is 23.1 Å². The Balaban J connectivity index is 2.07. The van der Waals surface area contributed by atoms with Gasteiger partial charge >= 0.3 is 5.97 Å². The van der Waals surface area contributed by atoms with Crippen molar-refractivity contribution in [3.63, 3.8) is 0 Å². The maximum Gasteiger partial charge on any atom is 0.303 e. The second kappa shape index (κ2) is 12.8. The number of hydrogen-bond donors (Lipinski definition) is 0. The molecular formula is C32H37FN2O4S. The molecule has 8 heteroatoms. The van der Waals surface area contributed by atoms with Crippen molar-refractivity contribution in [1.29, 1.82) is 0 Å². The Hall–Kier alpha value is -3.49. The highest BCUT2D eigenvalue weighted by atomic mass is 32.1. The first-order chi connectivity index (χ1) is 19.2. The predicted octanol–water partition coefficient (Wildman–Crippen LogP) is 7.03. The summed E-state index contributed by atoms with van der Waals surface area (Å²) in [6.07, 6.45) is 1.02. The molecule has 0 bridgehead atoms. The van der Waals surface area contributed by atoms with E-state index >= 15 is 0 Å². The van der Waals surface area contributed by atoms with Crippen LogP contribution in [0.15, 0.2) is 59.5 Å². The minimum Gasteiger partial charge on any atom is -0.497 e. The van der Waals surface area contributed by atoms with Gasteiger partial charge in [0.15, 0.2) is 5.43 Å². The van der Waals surface area contributed by atoms with Crippen LogP contribution in [0.2, 0.25) is 0 Å². The van der Waals surface area contributed by atoms with Crippen molar-refractivity contribution in [2.24, 2.45) is 5.92 Å². The van der Waals surface area contributed by atoms with Gasteiger partial charge in [-0.2, -0.15) is 0 Å². The number of ether oxygens (including phenoxy) is 2. The molecule has 2 aromatic carbocycles. The average molecular weight is 565 g/mol. The zero-order valence-electron chi connectivity index (χ0n) is 24.0. The molecule has 2 aromatic heterocycles. The fraction of sp³-hybridized carbons (Fsp3) is 0.375. The van der Waals surface area contributed by atoms with Gasteiger partial charge in [0.25, 0.3) is 0 Å². The molecular weight excluding hydrogens is 527 g/mol. The molecule has 0 aliphatic heterocycles. The molecule has 1 atom stereocenters. The highest BCUT2D eigenvalue weighted by Gasteiger charge is 2.28. The van der Waals surface area contributed by atoms with Gasteiger partial charge in [-0.3, -0.25) is 14.5 Å². The quantitative estimate of drug-likeness (QED) is 0.183. The number of carbonyl (C=O) groups is 1. The monoisotopic (exact) mass is 564 g/mol. The maximum atomic E-state index is 14.8. The number of esters is 1. The lowest BCUT2D eigenvalue weighted by molar-refractivity contribution is -0.149. The third kappa shape index (κ3) is 6.13. The molecule has 2 heterocycles. The summed E-state index contributed by atoms with van der Waals surface area (Å²) in [6.45, 7) is 11.8. The molecule has 0 aliphatic carbocycles. The summed E-state index contributed by atoms with van der Waals surface area (Å²) < 4.78 is 27.8. The normalized spacial score (nSPS) is 12.3. The summed E-state index contributed by atoms with van der Waals surface area (Å²) in [7, 11) is 1.63. The Morgan fingerprint density at radius 1 is 1.07 bits per heavy atom. The summed E-state index contributed by atoms with van der Waals surface area (Å²) in [5.41, 5.74) is 2.65. The molecule has 0 saturated heterocycles. The van der Waals surface area contributed by atoms with Gasteiger partial charge in [0.2, 0.25) is 0 Å². The molecule has 40 heavy (non-hydrogen) atoms. The van der Waals surface area contributed by atoms with E-state index in [2.05, 4.69) is 18.7 Å².